The van der Waals surface area contributed by atoms with Crippen LogP contribution in [0.4, 0.5) is 0 Å². The fourth-order valence-electron chi connectivity index (χ4n) is 2.11. The molecule has 1 heterocycles. The molecule has 0 aliphatic heterocycles. The second-order valence-electron chi connectivity index (χ2n) is 6.56. The molecule has 150 valence electrons. The van der Waals surface area contributed by atoms with Crippen molar-refractivity contribution >= 4 is 40.0 Å². The maximum absolute atomic E-state index is 12.1. The van der Waals surface area contributed by atoms with Crippen LogP contribution in [-0.4, -0.2) is 59.3 Å². The Labute approximate surface area is 173 Å². The molecule has 1 aromatic rings. The lowest BCUT2D eigenvalue weighted by molar-refractivity contribution is 0.0205. The predicted molar refractivity (Wildman–Crippen MR) is 114 cm³/mol. The van der Waals surface area contributed by atoms with E-state index in [1.54, 1.807) is 20.2 Å². The molecule has 26 heavy (non-hydrogen) atoms. The fraction of sp³-hybridized carbons (Fsp3) is 0.625. The third kappa shape index (κ3) is 8.60. The van der Waals surface area contributed by atoms with Crippen LogP contribution in [0.15, 0.2) is 34.4 Å². The number of halogens is 1. The predicted octanol–water partition coefficient (Wildman–Crippen LogP) is 1.20. The molecular formula is C16H30IN5O3S. The van der Waals surface area contributed by atoms with Gasteiger partial charge in [-0.05, 0) is 17.5 Å². The van der Waals surface area contributed by atoms with E-state index in [9.17, 15) is 8.42 Å². The average molecular weight is 499 g/mol. The van der Waals surface area contributed by atoms with Gasteiger partial charge < -0.3 is 15.4 Å². The second kappa shape index (κ2) is 11.7. The van der Waals surface area contributed by atoms with E-state index < -0.39 is 10.0 Å². The molecule has 0 aliphatic carbocycles. The SMILES string of the molecule is CN=C(NCCNS(=O)(=O)c1cccnc1)NCC(OC)C(C)(C)C.I. The molecule has 1 atom stereocenters. The lowest BCUT2D eigenvalue weighted by atomic mass is 9.89. The van der Waals surface area contributed by atoms with Crippen molar-refractivity contribution in [2.24, 2.45) is 10.4 Å². The maximum atomic E-state index is 12.1. The van der Waals surface area contributed by atoms with Crippen LogP contribution in [0.2, 0.25) is 0 Å². The highest BCUT2D eigenvalue weighted by Crippen LogP contribution is 2.20. The van der Waals surface area contributed by atoms with Gasteiger partial charge in [0, 0.05) is 46.2 Å². The number of aromatic nitrogens is 1. The van der Waals surface area contributed by atoms with Crippen LogP contribution in [0.1, 0.15) is 20.8 Å². The molecule has 0 fully saturated rings. The number of hydrogen-bond acceptors (Lipinski definition) is 5. The van der Waals surface area contributed by atoms with Crippen LogP contribution in [0.5, 0.6) is 0 Å². The molecule has 3 N–H and O–H groups in total. The van der Waals surface area contributed by atoms with Crippen LogP contribution in [0.3, 0.4) is 0 Å². The molecule has 0 aromatic carbocycles. The normalized spacial score (nSPS) is 13.7. The van der Waals surface area contributed by atoms with E-state index in [0.29, 0.717) is 19.0 Å². The van der Waals surface area contributed by atoms with E-state index in [1.165, 1.54) is 18.5 Å². The Morgan fingerprint density at radius 2 is 2.00 bits per heavy atom. The summed E-state index contributed by atoms with van der Waals surface area (Å²) in [7, 11) is -0.204. The summed E-state index contributed by atoms with van der Waals surface area (Å²) in [6.07, 6.45) is 2.87. The number of nitrogens with zero attached hydrogens (tertiary/aromatic N) is 2. The van der Waals surface area contributed by atoms with Crippen LogP contribution < -0.4 is 15.4 Å². The Hall–Kier alpha value is -0.980. The van der Waals surface area contributed by atoms with Crippen molar-refractivity contribution in [1.82, 2.24) is 20.3 Å². The molecule has 10 heteroatoms. The Kier molecular flexibility index (Phi) is 11.2. The monoisotopic (exact) mass is 499 g/mol. The molecule has 8 nitrogen and oxygen atoms in total. The van der Waals surface area contributed by atoms with Crippen molar-refractivity contribution in [2.45, 2.75) is 31.8 Å². The minimum atomic E-state index is -3.55. The smallest absolute Gasteiger partial charge is 0.242 e. The number of ether oxygens (including phenoxy) is 1. The summed E-state index contributed by atoms with van der Waals surface area (Å²) in [6.45, 7) is 7.53. The standard InChI is InChI=1S/C16H29N5O3S.HI/c1-16(2,3)14(24-5)12-20-15(17-4)19-9-10-21-25(22,23)13-7-6-8-18-11-13;/h6-8,11,14,21H,9-10,12H2,1-5H3,(H2,17,19,20);1H. The number of rotatable bonds is 8. The number of methoxy groups -OCH3 is 1. The zero-order valence-electron chi connectivity index (χ0n) is 15.9. The summed E-state index contributed by atoms with van der Waals surface area (Å²) in [6, 6.07) is 3.08. The zero-order valence-corrected chi connectivity index (χ0v) is 19.1. The van der Waals surface area contributed by atoms with E-state index >= 15 is 0 Å². The van der Waals surface area contributed by atoms with E-state index in [2.05, 4.69) is 46.1 Å². The van der Waals surface area contributed by atoms with Gasteiger partial charge in [0.1, 0.15) is 4.90 Å². The average Bonchev–Trinajstić information content (AvgIpc) is 2.56. The molecule has 0 spiro atoms. The van der Waals surface area contributed by atoms with Gasteiger partial charge in [0.05, 0.1) is 6.10 Å². The van der Waals surface area contributed by atoms with Gasteiger partial charge in [0.2, 0.25) is 10.0 Å². The fourth-order valence-corrected chi connectivity index (χ4v) is 3.10. The van der Waals surface area contributed by atoms with Crippen molar-refractivity contribution in [3.8, 4) is 0 Å². The Balaban J connectivity index is 0.00000625. The molecule has 0 aliphatic rings. The maximum Gasteiger partial charge on any atom is 0.242 e. The number of guanidine groups is 1. The summed E-state index contributed by atoms with van der Waals surface area (Å²) in [5, 5.41) is 6.25. The Bertz CT molecular complexity index is 648. The molecule has 0 amide bonds. The minimum absolute atomic E-state index is 0. The topological polar surface area (TPSA) is 105 Å². The number of pyridine rings is 1. The van der Waals surface area contributed by atoms with E-state index in [4.69, 9.17) is 4.74 Å². The first-order valence-corrected chi connectivity index (χ1v) is 9.56. The van der Waals surface area contributed by atoms with Gasteiger partial charge in [-0.2, -0.15) is 0 Å². The van der Waals surface area contributed by atoms with Gasteiger partial charge in [0.15, 0.2) is 5.96 Å². The first-order chi connectivity index (χ1) is 11.7. The summed E-state index contributed by atoms with van der Waals surface area (Å²) in [5.41, 5.74) is -0.0000452. The number of aliphatic imine (C=N–C) groups is 1. The number of sulfonamides is 1. The van der Waals surface area contributed by atoms with Crippen molar-refractivity contribution in [3.05, 3.63) is 24.5 Å². The second-order valence-corrected chi connectivity index (χ2v) is 8.32. The number of nitrogens with one attached hydrogen (secondary N) is 3. The summed E-state index contributed by atoms with van der Waals surface area (Å²) in [5.74, 6) is 0.590. The summed E-state index contributed by atoms with van der Waals surface area (Å²) < 4.78 is 32.1. The minimum Gasteiger partial charge on any atom is -0.379 e. The molecular weight excluding hydrogens is 469 g/mol. The molecule has 0 saturated heterocycles. The molecule has 0 bridgehead atoms. The number of hydrogen-bond donors (Lipinski definition) is 3. The molecule has 1 unspecified atom stereocenters. The Morgan fingerprint density at radius 3 is 2.50 bits per heavy atom. The van der Waals surface area contributed by atoms with E-state index in [-0.39, 0.29) is 46.9 Å². The van der Waals surface area contributed by atoms with Crippen LogP contribution in [-0.2, 0) is 14.8 Å². The zero-order chi connectivity index (χ0) is 18.9. The van der Waals surface area contributed by atoms with Gasteiger partial charge in [-0.25, -0.2) is 13.1 Å². The summed E-state index contributed by atoms with van der Waals surface area (Å²) in [4.78, 5) is 8.08. The third-order valence-corrected chi connectivity index (χ3v) is 5.03. The molecule has 1 aromatic heterocycles. The van der Waals surface area contributed by atoms with Crippen LogP contribution in [0.25, 0.3) is 0 Å². The van der Waals surface area contributed by atoms with Crippen LogP contribution in [0, 0.1) is 5.41 Å². The van der Waals surface area contributed by atoms with Gasteiger partial charge in [0.25, 0.3) is 0 Å². The first-order valence-electron chi connectivity index (χ1n) is 8.07. The largest absolute Gasteiger partial charge is 0.379 e. The summed E-state index contributed by atoms with van der Waals surface area (Å²) >= 11 is 0. The van der Waals surface area contributed by atoms with Crippen molar-refractivity contribution in [3.63, 3.8) is 0 Å². The Morgan fingerprint density at radius 1 is 1.31 bits per heavy atom. The lowest BCUT2D eigenvalue weighted by Gasteiger charge is -2.30. The lowest BCUT2D eigenvalue weighted by Crippen LogP contribution is -2.46. The van der Waals surface area contributed by atoms with Gasteiger partial charge in [-0.3, -0.25) is 9.98 Å². The van der Waals surface area contributed by atoms with E-state index in [0.717, 1.165) is 0 Å². The van der Waals surface area contributed by atoms with E-state index in [1.807, 2.05) is 0 Å². The quantitative estimate of drug-likeness (QED) is 0.215. The highest BCUT2D eigenvalue weighted by atomic mass is 127. The highest BCUT2D eigenvalue weighted by molar-refractivity contribution is 14.0. The van der Waals surface area contributed by atoms with Crippen molar-refractivity contribution in [1.29, 1.82) is 0 Å². The van der Waals surface area contributed by atoms with Crippen molar-refractivity contribution < 1.29 is 13.2 Å². The van der Waals surface area contributed by atoms with Gasteiger partial charge in [-0.15, -0.1) is 24.0 Å². The van der Waals surface area contributed by atoms with Gasteiger partial charge >= 0.3 is 0 Å². The molecule has 1 rings (SSSR count). The van der Waals surface area contributed by atoms with Crippen LogP contribution >= 0.6 is 24.0 Å². The molecule has 0 saturated carbocycles. The van der Waals surface area contributed by atoms with Gasteiger partial charge in [-0.1, -0.05) is 20.8 Å². The molecule has 0 radical (unpaired) electrons. The highest BCUT2D eigenvalue weighted by Gasteiger charge is 2.24. The third-order valence-electron chi connectivity index (χ3n) is 3.58. The van der Waals surface area contributed by atoms with Crippen molar-refractivity contribution in [2.75, 3.05) is 33.8 Å². The first kappa shape index (κ1) is 25.0.